The van der Waals surface area contributed by atoms with Crippen LogP contribution in [0.15, 0.2) is 65.0 Å². The van der Waals surface area contributed by atoms with Crippen LogP contribution in [0.3, 0.4) is 0 Å². The third kappa shape index (κ3) is 3.97. The number of hydrogen-bond donors (Lipinski definition) is 0. The molecule has 2 aromatic carbocycles. The molecule has 0 unspecified atom stereocenters. The van der Waals surface area contributed by atoms with E-state index in [2.05, 4.69) is 4.98 Å². The van der Waals surface area contributed by atoms with Crippen molar-refractivity contribution in [2.45, 2.75) is 19.9 Å². The summed E-state index contributed by atoms with van der Waals surface area (Å²) in [6, 6.07) is 15.0. The maximum Gasteiger partial charge on any atom is 0.313 e. The molecule has 2 aromatic heterocycles. The molecule has 0 aliphatic rings. The molecule has 30 heavy (non-hydrogen) atoms. The van der Waals surface area contributed by atoms with E-state index in [1.54, 1.807) is 24.3 Å². The molecule has 6 nitrogen and oxygen atoms in total. The molecule has 152 valence electrons. The number of ether oxygens (including phenoxy) is 2. The van der Waals surface area contributed by atoms with Gasteiger partial charge < -0.3 is 9.47 Å². The number of hydrogen-bond acceptors (Lipinski definition) is 6. The van der Waals surface area contributed by atoms with Gasteiger partial charge in [0.25, 0.3) is 5.56 Å². The van der Waals surface area contributed by atoms with Gasteiger partial charge in [0.05, 0.1) is 25.2 Å². The number of thiophene rings is 1. The first-order chi connectivity index (χ1) is 14.6. The van der Waals surface area contributed by atoms with Gasteiger partial charge in [0.15, 0.2) is 11.5 Å². The van der Waals surface area contributed by atoms with Crippen LogP contribution in [-0.4, -0.2) is 22.6 Å². The quantitative estimate of drug-likeness (QED) is 0.341. The van der Waals surface area contributed by atoms with Crippen LogP contribution in [0.1, 0.15) is 12.0 Å². The minimum absolute atomic E-state index is 0.0368. The first-order valence-corrected chi connectivity index (χ1v) is 10.3. The number of para-hydroxylation sites is 2. The van der Waals surface area contributed by atoms with Gasteiger partial charge in [-0.25, -0.2) is 4.98 Å². The molecular formula is C23H20N2O4S. The summed E-state index contributed by atoms with van der Waals surface area (Å²) in [4.78, 5) is 30.5. The summed E-state index contributed by atoms with van der Waals surface area (Å²) in [5, 5.41) is 2.52. The fraction of sp³-hybridized carbons (Fsp3) is 0.174. The van der Waals surface area contributed by atoms with Gasteiger partial charge in [-0.3, -0.25) is 14.2 Å². The van der Waals surface area contributed by atoms with Crippen LogP contribution in [-0.2, 0) is 11.3 Å². The van der Waals surface area contributed by atoms with Crippen LogP contribution >= 0.6 is 11.3 Å². The number of benzene rings is 2. The Kier molecular flexibility index (Phi) is 5.63. The van der Waals surface area contributed by atoms with Crippen LogP contribution in [0.4, 0.5) is 0 Å². The molecular weight excluding hydrogens is 400 g/mol. The lowest BCUT2D eigenvalue weighted by Gasteiger charge is -2.09. The van der Waals surface area contributed by atoms with Crippen molar-refractivity contribution in [1.82, 2.24) is 9.55 Å². The number of aryl methyl sites for hydroxylation is 2. The maximum absolute atomic E-state index is 13.1. The predicted octanol–water partition coefficient (Wildman–Crippen LogP) is 4.44. The van der Waals surface area contributed by atoms with Crippen molar-refractivity contribution in [3.63, 3.8) is 0 Å². The Morgan fingerprint density at radius 2 is 1.83 bits per heavy atom. The third-order valence-electron chi connectivity index (χ3n) is 4.77. The second-order valence-corrected chi connectivity index (χ2v) is 7.67. The second kappa shape index (κ2) is 8.51. The molecule has 0 aliphatic carbocycles. The molecule has 0 bridgehead atoms. The molecule has 4 rings (SSSR count). The number of aromatic nitrogens is 2. The van der Waals surface area contributed by atoms with Crippen LogP contribution in [0, 0.1) is 6.92 Å². The lowest BCUT2D eigenvalue weighted by molar-refractivity contribution is -0.134. The maximum atomic E-state index is 13.1. The van der Waals surface area contributed by atoms with Crippen molar-refractivity contribution in [2.75, 3.05) is 7.11 Å². The van der Waals surface area contributed by atoms with Crippen molar-refractivity contribution in [2.24, 2.45) is 0 Å². The zero-order chi connectivity index (χ0) is 21.1. The van der Waals surface area contributed by atoms with E-state index < -0.39 is 5.97 Å². The van der Waals surface area contributed by atoms with Crippen molar-refractivity contribution in [1.29, 1.82) is 0 Å². The topological polar surface area (TPSA) is 70.4 Å². The fourth-order valence-corrected chi connectivity index (χ4v) is 4.07. The molecule has 0 amide bonds. The Hall–Kier alpha value is -3.45. The molecule has 7 heteroatoms. The Balaban J connectivity index is 1.55. The summed E-state index contributed by atoms with van der Waals surface area (Å²) in [5.41, 5.74) is 2.82. The number of carbonyl (C=O) groups is 1. The average Bonchev–Trinajstić information content (AvgIpc) is 3.19. The lowest BCUT2D eigenvalue weighted by atomic mass is 10.1. The van der Waals surface area contributed by atoms with Gasteiger partial charge in [0.1, 0.15) is 4.83 Å². The number of rotatable bonds is 6. The largest absolute Gasteiger partial charge is 0.493 e. The molecule has 0 saturated carbocycles. The molecule has 4 aromatic rings. The van der Waals surface area contributed by atoms with E-state index in [9.17, 15) is 9.59 Å². The molecule has 0 aliphatic heterocycles. The first kappa shape index (κ1) is 19.8. The van der Waals surface area contributed by atoms with Gasteiger partial charge in [-0.1, -0.05) is 42.0 Å². The van der Waals surface area contributed by atoms with Crippen molar-refractivity contribution >= 4 is 27.5 Å². The smallest absolute Gasteiger partial charge is 0.313 e. The number of nitrogens with zero attached hydrogens (tertiary/aromatic N) is 2. The Morgan fingerprint density at radius 3 is 2.57 bits per heavy atom. The molecule has 0 N–H and O–H groups in total. The molecule has 0 fully saturated rings. The Labute approximate surface area is 177 Å². The van der Waals surface area contributed by atoms with Crippen LogP contribution in [0.25, 0.3) is 21.3 Å². The summed E-state index contributed by atoms with van der Waals surface area (Å²) < 4.78 is 12.0. The summed E-state index contributed by atoms with van der Waals surface area (Å²) >= 11 is 1.44. The van der Waals surface area contributed by atoms with Crippen LogP contribution in [0.2, 0.25) is 0 Å². The van der Waals surface area contributed by atoms with E-state index in [1.165, 1.54) is 29.3 Å². The number of carbonyl (C=O) groups excluding carboxylic acids is 1. The highest BCUT2D eigenvalue weighted by Gasteiger charge is 2.15. The Morgan fingerprint density at radius 1 is 1.10 bits per heavy atom. The standard InChI is InChI=1S/C23H20N2O4S/c1-15-7-9-16(10-8-15)17-13-30-22-21(17)23(27)25(14-24-22)12-11-20(26)29-19-6-4-3-5-18(19)28-2/h3-10,13-14H,11-12H2,1-2H3. The minimum Gasteiger partial charge on any atom is -0.493 e. The first-order valence-electron chi connectivity index (χ1n) is 9.44. The number of fused-ring (bicyclic) bond motifs is 1. The van der Waals surface area contributed by atoms with E-state index in [1.807, 2.05) is 36.6 Å². The third-order valence-corrected chi connectivity index (χ3v) is 5.66. The summed E-state index contributed by atoms with van der Waals surface area (Å²) in [6.07, 6.45) is 1.52. The van der Waals surface area contributed by atoms with Gasteiger partial charge in [-0.2, -0.15) is 0 Å². The molecule has 2 heterocycles. The van der Waals surface area contributed by atoms with E-state index in [0.29, 0.717) is 21.7 Å². The van der Waals surface area contributed by atoms with Gasteiger partial charge >= 0.3 is 5.97 Å². The van der Waals surface area contributed by atoms with Crippen LogP contribution in [0.5, 0.6) is 11.5 Å². The normalized spacial score (nSPS) is 10.9. The second-order valence-electron chi connectivity index (χ2n) is 6.81. The van der Waals surface area contributed by atoms with Crippen LogP contribution < -0.4 is 15.0 Å². The summed E-state index contributed by atoms with van der Waals surface area (Å²) in [7, 11) is 1.51. The van der Waals surface area contributed by atoms with E-state index in [-0.39, 0.29) is 18.5 Å². The molecule has 0 atom stereocenters. The number of esters is 1. The van der Waals surface area contributed by atoms with E-state index in [0.717, 1.165) is 16.7 Å². The number of methoxy groups -OCH3 is 1. The molecule has 0 spiro atoms. The van der Waals surface area contributed by atoms with E-state index in [4.69, 9.17) is 9.47 Å². The monoisotopic (exact) mass is 420 g/mol. The zero-order valence-electron chi connectivity index (χ0n) is 16.6. The predicted molar refractivity (Wildman–Crippen MR) is 117 cm³/mol. The van der Waals surface area contributed by atoms with E-state index >= 15 is 0 Å². The highest BCUT2D eigenvalue weighted by molar-refractivity contribution is 7.17. The lowest BCUT2D eigenvalue weighted by Crippen LogP contribution is -2.23. The fourth-order valence-electron chi connectivity index (χ4n) is 3.16. The van der Waals surface area contributed by atoms with Crippen molar-refractivity contribution in [3.8, 4) is 22.6 Å². The summed E-state index contributed by atoms with van der Waals surface area (Å²) in [6.45, 7) is 2.20. The summed E-state index contributed by atoms with van der Waals surface area (Å²) in [5.74, 6) is 0.383. The van der Waals surface area contributed by atoms with Gasteiger partial charge in [-0.15, -0.1) is 11.3 Å². The SMILES string of the molecule is COc1ccccc1OC(=O)CCn1cnc2scc(-c3ccc(C)cc3)c2c1=O. The van der Waals surface area contributed by atoms with Gasteiger partial charge in [0.2, 0.25) is 0 Å². The van der Waals surface area contributed by atoms with Crippen molar-refractivity contribution < 1.29 is 14.3 Å². The highest BCUT2D eigenvalue weighted by atomic mass is 32.1. The molecule has 0 saturated heterocycles. The zero-order valence-corrected chi connectivity index (χ0v) is 17.4. The Bertz CT molecular complexity index is 1260. The minimum atomic E-state index is -0.449. The van der Waals surface area contributed by atoms with Gasteiger partial charge in [0, 0.05) is 17.5 Å². The van der Waals surface area contributed by atoms with Gasteiger partial charge in [-0.05, 0) is 24.6 Å². The highest BCUT2D eigenvalue weighted by Crippen LogP contribution is 2.31. The van der Waals surface area contributed by atoms with Crippen molar-refractivity contribution in [3.05, 3.63) is 76.2 Å². The average molecular weight is 420 g/mol. The molecule has 0 radical (unpaired) electrons.